The molecule has 1 unspecified atom stereocenters. The second-order valence-electron chi connectivity index (χ2n) is 4.39. The van der Waals surface area contributed by atoms with Gasteiger partial charge in [-0.05, 0) is 19.4 Å². The predicted molar refractivity (Wildman–Crippen MR) is 62.5 cm³/mol. The van der Waals surface area contributed by atoms with E-state index in [4.69, 9.17) is 10.9 Å². The second-order valence-corrected chi connectivity index (χ2v) is 4.39. The first-order valence-corrected chi connectivity index (χ1v) is 5.77. The van der Waals surface area contributed by atoms with Gasteiger partial charge in [-0.15, -0.1) is 5.10 Å². The van der Waals surface area contributed by atoms with Gasteiger partial charge < -0.3 is 10.9 Å². The summed E-state index contributed by atoms with van der Waals surface area (Å²) in [6.45, 7) is 1.63. The highest BCUT2D eigenvalue weighted by Gasteiger charge is 2.26. The Kier molecular flexibility index (Phi) is 3.58. The minimum absolute atomic E-state index is 0.00996. The minimum atomic E-state index is 0.00996. The fourth-order valence-corrected chi connectivity index (χ4v) is 2.26. The van der Waals surface area contributed by atoms with Crippen molar-refractivity contribution in [2.45, 2.75) is 31.8 Å². The van der Waals surface area contributed by atoms with E-state index in [1.54, 1.807) is 4.68 Å². The summed E-state index contributed by atoms with van der Waals surface area (Å²) in [5.74, 6) is 0.286. The zero-order valence-electron chi connectivity index (χ0n) is 9.95. The van der Waals surface area contributed by atoms with Crippen LogP contribution < -0.4 is 5.73 Å². The molecule has 94 valence electrons. The third-order valence-electron chi connectivity index (χ3n) is 3.09. The lowest BCUT2D eigenvalue weighted by Gasteiger charge is -2.33. The molecular formula is C10H18N6O. The molecule has 0 aromatic carbocycles. The number of aromatic nitrogens is 3. The van der Waals surface area contributed by atoms with E-state index < -0.39 is 0 Å². The molecule has 0 aliphatic carbocycles. The molecule has 1 aliphatic heterocycles. The van der Waals surface area contributed by atoms with Crippen LogP contribution in [-0.4, -0.2) is 43.5 Å². The summed E-state index contributed by atoms with van der Waals surface area (Å²) >= 11 is 0. The van der Waals surface area contributed by atoms with E-state index in [1.165, 1.54) is 0 Å². The van der Waals surface area contributed by atoms with Crippen molar-refractivity contribution in [2.24, 2.45) is 17.9 Å². The zero-order valence-corrected chi connectivity index (χ0v) is 9.95. The van der Waals surface area contributed by atoms with E-state index in [9.17, 15) is 0 Å². The maximum atomic E-state index is 8.78. The van der Waals surface area contributed by atoms with Crippen LogP contribution in [0, 0.1) is 0 Å². The summed E-state index contributed by atoms with van der Waals surface area (Å²) in [5, 5.41) is 19.9. The summed E-state index contributed by atoms with van der Waals surface area (Å²) in [7, 11) is 1.84. The molecule has 3 N–H and O–H groups in total. The van der Waals surface area contributed by atoms with Crippen LogP contribution in [0.25, 0.3) is 0 Å². The third kappa shape index (κ3) is 2.73. The number of hydrogen-bond donors (Lipinski definition) is 2. The first-order valence-electron chi connectivity index (χ1n) is 5.77. The Bertz CT molecular complexity index is 401. The van der Waals surface area contributed by atoms with Crippen molar-refractivity contribution < 1.29 is 5.21 Å². The number of oxime groups is 1. The van der Waals surface area contributed by atoms with E-state index in [2.05, 4.69) is 20.4 Å². The molecule has 1 aromatic heterocycles. The molecule has 0 radical (unpaired) electrons. The van der Waals surface area contributed by atoms with Gasteiger partial charge in [-0.2, -0.15) is 0 Å². The number of rotatable bonds is 3. The standard InChI is InChI=1S/C10H18N6O/c1-15-6-8(12-14-15)7-16-5-3-2-4-9(16)10(11)13-17/h6,9,17H,2-5,7H2,1H3,(H2,11,13). The van der Waals surface area contributed by atoms with Gasteiger partial charge in [0.2, 0.25) is 0 Å². The van der Waals surface area contributed by atoms with Gasteiger partial charge in [-0.1, -0.05) is 16.8 Å². The smallest absolute Gasteiger partial charge is 0.156 e. The second kappa shape index (κ2) is 5.13. The lowest BCUT2D eigenvalue weighted by Crippen LogP contribution is -2.47. The molecular weight excluding hydrogens is 220 g/mol. The van der Waals surface area contributed by atoms with Crippen molar-refractivity contribution in [2.75, 3.05) is 6.54 Å². The highest BCUT2D eigenvalue weighted by Crippen LogP contribution is 2.19. The minimum Gasteiger partial charge on any atom is -0.409 e. The molecule has 2 rings (SSSR count). The molecule has 2 heterocycles. The molecule has 1 atom stereocenters. The Morgan fingerprint density at radius 2 is 2.47 bits per heavy atom. The van der Waals surface area contributed by atoms with Gasteiger partial charge in [0.25, 0.3) is 0 Å². The Hall–Kier alpha value is -1.63. The predicted octanol–water partition coefficient (Wildman–Crippen LogP) is -0.0840. The number of piperidine rings is 1. The van der Waals surface area contributed by atoms with Gasteiger partial charge in [-0.25, -0.2) is 0 Å². The largest absolute Gasteiger partial charge is 0.409 e. The Balaban J connectivity index is 2.06. The zero-order chi connectivity index (χ0) is 12.3. The lowest BCUT2D eigenvalue weighted by molar-refractivity contribution is 0.176. The monoisotopic (exact) mass is 238 g/mol. The van der Waals surface area contributed by atoms with Crippen LogP contribution in [0.2, 0.25) is 0 Å². The molecule has 1 aliphatic rings. The van der Waals surface area contributed by atoms with Crippen LogP contribution in [0.1, 0.15) is 25.0 Å². The Morgan fingerprint density at radius 3 is 3.12 bits per heavy atom. The van der Waals surface area contributed by atoms with Gasteiger partial charge in [0.1, 0.15) is 0 Å². The van der Waals surface area contributed by atoms with E-state index in [-0.39, 0.29) is 11.9 Å². The maximum absolute atomic E-state index is 8.78. The average Bonchev–Trinajstić information content (AvgIpc) is 2.74. The van der Waals surface area contributed by atoms with Gasteiger partial charge in [0.05, 0.1) is 11.7 Å². The topological polar surface area (TPSA) is 92.6 Å². The average molecular weight is 238 g/mol. The number of amidine groups is 1. The van der Waals surface area contributed by atoms with Crippen LogP contribution >= 0.6 is 0 Å². The number of aryl methyl sites for hydroxylation is 1. The van der Waals surface area contributed by atoms with Crippen LogP contribution in [0.5, 0.6) is 0 Å². The van der Waals surface area contributed by atoms with Gasteiger partial charge in [-0.3, -0.25) is 9.58 Å². The summed E-state index contributed by atoms with van der Waals surface area (Å²) in [5.41, 5.74) is 6.62. The van der Waals surface area contributed by atoms with Crippen molar-refractivity contribution in [1.29, 1.82) is 0 Å². The van der Waals surface area contributed by atoms with Crippen molar-refractivity contribution >= 4 is 5.84 Å². The van der Waals surface area contributed by atoms with E-state index >= 15 is 0 Å². The summed E-state index contributed by atoms with van der Waals surface area (Å²) < 4.78 is 1.68. The number of likely N-dealkylation sites (tertiary alicyclic amines) is 1. The van der Waals surface area contributed by atoms with E-state index in [0.29, 0.717) is 6.54 Å². The van der Waals surface area contributed by atoms with Gasteiger partial charge >= 0.3 is 0 Å². The molecule has 1 fully saturated rings. The molecule has 1 saturated heterocycles. The van der Waals surface area contributed by atoms with Crippen LogP contribution in [-0.2, 0) is 13.6 Å². The van der Waals surface area contributed by atoms with Crippen molar-refractivity contribution in [3.63, 3.8) is 0 Å². The Labute approximate surface area is 99.9 Å². The van der Waals surface area contributed by atoms with Crippen molar-refractivity contribution in [3.8, 4) is 0 Å². The number of nitrogens with zero attached hydrogens (tertiary/aromatic N) is 5. The molecule has 1 aromatic rings. The molecule has 0 spiro atoms. The normalized spacial score (nSPS) is 22.9. The van der Waals surface area contributed by atoms with E-state index in [1.807, 2.05) is 13.2 Å². The first-order chi connectivity index (χ1) is 8.20. The van der Waals surface area contributed by atoms with E-state index in [0.717, 1.165) is 31.5 Å². The molecule has 7 nitrogen and oxygen atoms in total. The fourth-order valence-electron chi connectivity index (χ4n) is 2.26. The summed E-state index contributed by atoms with van der Waals surface area (Å²) in [4.78, 5) is 2.18. The quantitative estimate of drug-likeness (QED) is 0.332. The van der Waals surface area contributed by atoms with Gasteiger partial charge in [0, 0.05) is 19.8 Å². The van der Waals surface area contributed by atoms with Crippen molar-refractivity contribution in [1.82, 2.24) is 19.9 Å². The molecule has 0 amide bonds. The third-order valence-corrected chi connectivity index (χ3v) is 3.09. The summed E-state index contributed by atoms with van der Waals surface area (Å²) in [6, 6.07) is 0.00996. The van der Waals surface area contributed by atoms with Crippen LogP contribution in [0.3, 0.4) is 0 Å². The van der Waals surface area contributed by atoms with Crippen LogP contribution in [0.15, 0.2) is 11.4 Å². The fraction of sp³-hybridized carbons (Fsp3) is 0.700. The summed E-state index contributed by atoms with van der Waals surface area (Å²) in [6.07, 6.45) is 5.06. The molecule has 0 bridgehead atoms. The highest BCUT2D eigenvalue weighted by molar-refractivity contribution is 5.85. The molecule has 7 heteroatoms. The van der Waals surface area contributed by atoms with Crippen LogP contribution in [0.4, 0.5) is 0 Å². The molecule has 0 saturated carbocycles. The highest BCUT2D eigenvalue weighted by atomic mass is 16.4. The van der Waals surface area contributed by atoms with Crippen molar-refractivity contribution in [3.05, 3.63) is 11.9 Å². The lowest BCUT2D eigenvalue weighted by atomic mass is 10.0. The SMILES string of the molecule is Cn1cc(CN2CCCCC2/C(N)=N/O)nn1. The Morgan fingerprint density at radius 1 is 1.65 bits per heavy atom. The van der Waals surface area contributed by atoms with Gasteiger partial charge in [0.15, 0.2) is 5.84 Å². The first kappa shape index (κ1) is 11.8. The number of hydrogen-bond acceptors (Lipinski definition) is 5. The molecule has 17 heavy (non-hydrogen) atoms. The maximum Gasteiger partial charge on any atom is 0.156 e. The number of nitrogens with two attached hydrogens (primary N) is 1.